The van der Waals surface area contributed by atoms with Crippen molar-refractivity contribution in [2.45, 2.75) is 39.5 Å². The maximum absolute atomic E-state index is 12.0. The van der Waals surface area contributed by atoms with Crippen LogP contribution in [0.2, 0.25) is 0 Å². The largest absolute Gasteiger partial charge is 0.361 e. The lowest BCUT2D eigenvalue weighted by Crippen LogP contribution is -2.33. The highest BCUT2D eigenvalue weighted by molar-refractivity contribution is 5.96. The highest BCUT2D eigenvalue weighted by Gasteiger charge is 2.17. The van der Waals surface area contributed by atoms with Crippen LogP contribution >= 0.6 is 0 Å². The predicted molar refractivity (Wildman–Crippen MR) is 73.2 cm³/mol. The molecule has 0 spiro atoms. The minimum Gasteiger partial charge on any atom is -0.361 e. The van der Waals surface area contributed by atoms with Crippen molar-refractivity contribution in [3.63, 3.8) is 0 Å². The average Bonchev–Trinajstić information content (AvgIpc) is 2.75. The van der Waals surface area contributed by atoms with Crippen molar-refractivity contribution in [3.8, 4) is 0 Å². The second-order valence-corrected chi connectivity index (χ2v) is 5.21. The molecule has 0 aromatic carbocycles. The molecular weight excluding hydrogens is 242 g/mol. The summed E-state index contributed by atoms with van der Waals surface area (Å²) in [5.74, 6) is 0.515. The van der Waals surface area contributed by atoms with Crippen molar-refractivity contribution in [3.05, 3.63) is 17.0 Å². The van der Waals surface area contributed by atoms with Gasteiger partial charge in [0.2, 0.25) is 0 Å². The van der Waals surface area contributed by atoms with E-state index in [2.05, 4.69) is 15.4 Å². The topological polar surface area (TPSA) is 58.4 Å². The van der Waals surface area contributed by atoms with Crippen molar-refractivity contribution in [1.29, 1.82) is 0 Å². The summed E-state index contributed by atoms with van der Waals surface area (Å²) >= 11 is 0. The van der Waals surface area contributed by atoms with Crippen molar-refractivity contribution in [2.75, 3.05) is 26.2 Å². The molecule has 0 radical (unpaired) electrons. The minimum atomic E-state index is -0.0742. The Morgan fingerprint density at radius 1 is 1.32 bits per heavy atom. The average molecular weight is 265 g/mol. The third kappa shape index (κ3) is 3.80. The number of nitrogens with zero attached hydrogens (tertiary/aromatic N) is 2. The number of hydrogen-bond acceptors (Lipinski definition) is 4. The van der Waals surface area contributed by atoms with Gasteiger partial charge < -0.3 is 14.7 Å². The zero-order valence-corrected chi connectivity index (χ0v) is 11.9. The van der Waals surface area contributed by atoms with Crippen LogP contribution in [0.15, 0.2) is 4.52 Å². The van der Waals surface area contributed by atoms with E-state index in [1.54, 1.807) is 13.8 Å². The van der Waals surface area contributed by atoms with Gasteiger partial charge in [-0.05, 0) is 52.7 Å². The first-order chi connectivity index (χ1) is 9.18. The van der Waals surface area contributed by atoms with Gasteiger partial charge in [-0.3, -0.25) is 4.79 Å². The van der Waals surface area contributed by atoms with Crippen LogP contribution in [0.4, 0.5) is 0 Å². The molecule has 19 heavy (non-hydrogen) atoms. The lowest BCUT2D eigenvalue weighted by atomic mass is 10.1. The number of aryl methyl sites for hydroxylation is 2. The molecule has 0 aliphatic carbocycles. The first-order valence-corrected chi connectivity index (χ1v) is 7.12. The summed E-state index contributed by atoms with van der Waals surface area (Å²) in [6, 6.07) is 0. The number of likely N-dealkylation sites (tertiary alicyclic amines) is 1. The van der Waals surface area contributed by atoms with E-state index in [1.165, 1.54) is 32.4 Å². The molecule has 1 aliphatic heterocycles. The number of piperidine rings is 1. The van der Waals surface area contributed by atoms with E-state index in [9.17, 15) is 4.79 Å². The van der Waals surface area contributed by atoms with E-state index in [0.29, 0.717) is 23.6 Å². The summed E-state index contributed by atoms with van der Waals surface area (Å²) in [6.45, 7) is 7.75. The summed E-state index contributed by atoms with van der Waals surface area (Å²) in [5, 5.41) is 6.74. The maximum atomic E-state index is 12.0. The molecule has 2 rings (SSSR count). The molecule has 1 N–H and O–H groups in total. The predicted octanol–water partition coefficient (Wildman–Crippen LogP) is 1.90. The SMILES string of the molecule is Cc1noc(C)c1C(=O)NCCCN1CCCCC1. The summed E-state index contributed by atoms with van der Waals surface area (Å²) in [4.78, 5) is 14.5. The number of rotatable bonds is 5. The molecule has 0 saturated carbocycles. The van der Waals surface area contributed by atoms with Crippen molar-refractivity contribution in [1.82, 2.24) is 15.4 Å². The van der Waals surface area contributed by atoms with Crippen LogP contribution in [0.5, 0.6) is 0 Å². The monoisotopic (exact) mass is 265 g/mol. The van der Waals surface area contributed by atoms with Gasteiger partial charge in [0, 0.05) is 6.54 Å². The molecule has 0 atom stereocenters. The maximum Gasteiger partial charge on any atom is 0.256 e. The fourth-order valence-corrected chi connectivity index (χ4v) is 2.58. The highest BCUT2D eigenvalue weighted by atomic mass is 16.5. The lowest BCUT2D eigenvalue weighted by molar-refractivity contribution is 0.0949. The van der Waals surface area contributed by atoms with Gasteiger partial charge in [-0.1, -0.05) is 11.6 Å². The van der Waals surface area contributed by atoms with Crippen molar-refractivity contribution >= 4 is 5.91 Å². The molecule has 1 amide bonds. The summed E-state index contributed by atoms with van der Waals surface area (Å²) < 4.78 is 5.00. The quantitative estimate of drug-likeness (QED) is 0.826. The van der Waals surface area contributed by atoms with Crippen LogP contribution in [-0.2, 0) is 0 Å². The summed E-state index contributed by atoms with van der Waals surface area (Å²) in [7, 11) is 0. The van der Waals surface area contributed by atoms with Crippen LogP contribution in [0.25, 0.3) is 0 Å². The number of amides is 1. The molecule has 1 saturated heterocycles. The van der Waals surface area contributed by atoms with Crippen LogP contribution in [0.3, 0.4) is 0 Å². The molecule has 1 aromatic rings. The summed E-state index contributed by atoms with van der Waals surface area (Å²) in [6.07, 6.45) is 4.98. The number of carbonyl (C=O) groups is 1. The third-order valence-corrected chi connectivity index (χ3v) is 3.65. The Hall–Kier alpha value is -1.36. The molecule has 0 unspecified atom stereocenters. The number of carbonyl (C=O) groups excluding carboxylic acids is 1. The van der Waals surface area contributed by atoms with E-state index < -0.39 is 0 Å². The van der Waals surface area contributed by atoms with Gasteiger partial charge in [0.15, 0.2) is 0 Å². The number of hydrogen-bond donors (Lipinski definition) is 1. The highest BCUT2D eigenvalue weighted by Crippen LogP contribution is 2.12. The van der Waals surface area contributed by atoms with Crippen LogP contribution < -0.4 is 5.32 Å². The number of aromatic nitrogens is 1. The second kappa shape index (κ2) is 6.70. The van der Waals surface area contributed by atoms with Gasteiger partial charge in [0.1, 0.15) is 11.3 Å². The molecule has 0 bridgehead atoms. The van der Waals surface area contributed by atoms with Gasteiger partial charge in [-0.2, -0.15) is 0 Å². The Balaban J connectivity index is 1.69. The zero-order valence-electron chi connectivity index (χ0n) is 11.9. The molecule has 1 aromatic heterocycles. The Morgan fingerprint density at radius 3 is 2.68 bits per heavy atom. The Morgan fingerprint density at radius 2 is 2.05 bits per heavy atom. The van der Waals surface area contributed by atoms with Gasteiger partial charge in [-0.15, -0.1) is 0 Å². The first-order valence-electron chi connectivity index (χ1n) is 7.12. The Kier molecular flexibility index (Phi) is 4.96. The number of nitrogens with one attached hydrogen (secondary N) is 1. The Bertz CT molecular complexity index is 403. The van der Waals surface area contributed by atoms with E-state index in [0.717, 1.165) is 13.0 Å². The smallest absolute Gasteiger partial charge is 0.256 e. The fourth-order valence-electron chi connectivity index (χ4n) is 2.58. The minimum absolute atomic E-state index is 0.0742. The zero-order chi connectivity index (χ0) is 13.7. The molecule has 1 fully saturated rings. The molecule has 106 valence electrons. The van der Waals surface area contributed by atoms with E-state index in [-0.39, 0.29) is 5.91 Å². The molecule has 5 nitrogen and oxygen atoms in total. The van der Waals surface area contributed by atoms with Crippen LogP contribution in [0, 0.1) is 13.8 Å². The normalized spacial score (nSPS) is 16.5. The van der Waals surface area contributed by atoms with Gasteiger partial charge in [0.25, 0.3) is 5.91 Å². The van der Waals surface area contributed by atoms with Gasteiger partial charge in [-0.25, -0.2) is 0 Å². The first kappa shape index (κ1) is 14.1. The van der Waals surface area contributed by atoms with Crippen molar-refractivity contribution < 1.29 is 9.32 Å². The van der Waals surface area contributed by atoms with E-state index in [4.69, 9.17) is 4.52 Å². The lowest BCUT2D eigenvalue weighted by Gasteiger charge is -2.26. The second-order valence-electron chi connectivity index (χ2n) is 5.21. The van der Waals surface area contributed by atoms with E-state index in [1.807, 2.05) is 0 Å². The Labute approximate surface area is 114 Å². The van der Waals surface area contributed by atoms with Gasteiger partial charge in [0.05, 0.1) is 5.69 Å². The molecular formula is C14H23N3O2. The van der Waals surface area contributed by atoms with E-state index >= 15 is 0 Å². The van der Waals surface area contributed by atoms with Gasteiger partial charge >= 0.3 is 0 Å². The van der Waals surface area contributed by atoms with Crippen molar-refractivity contribution in [2.24, 2.45) is 0 Å². The third-order valence-electron chi connectivity index (χ3n) is 3.65. The summed E-state index contributed by atoms with van der Waals surface area (Å²) in [5.41, 5.74) is 1.24. The standard InChI is InChI=1S/C14H23N3O2/c1-11-13(12(2)19-16-11)14(18)15-7-6-10-17-8-4-3-5-9-17/h3-10H2,1-2H3,(H,15,18). The van der Waals surface area contributed by atoms with Crippen LogP contribution in [-0.4, -0.2) is 42.1 Å². The fraction of sp³-hybridized carbons (Fsp3) is 0.714. The van der Waals surface area contributed by atoms with Crippen LogP contribution in [0.1, 0.15) is 47.5 Å². The molecule has 2 heterocycles. The molecule has 5 heteroatoms. The molecule has 1 aliphatic rings.